The van der Waals surface area contributed by atoms with Gasteiger partial charge >= 0.3 is 0 Å². The molecular weight excluding hydrogens is 174 g/mol. The summed E-state index contributed by atoms with van der Waals surface area (Å²) in [5.74, 6) is 0. The van der Waals surface area contributed by atoms with E-state index in [0.29, 0.717) is 6.42 Å². The van der Waals surface area contributed by atoms with E-state index in [1.165, 1.54) is 11.3 Å². The number of rotatable bonds is 5. The molecule has 0 fully saturated rings. The maximum Gasteiger partial charge on any atom is 0.120 e. The van der Waals surface area contributed by atoms with Crippen LogP contribution in [0, 0.1) is 0 Å². The van der Waals surface area contributed by atoms with Crippen LogP contribution in [0.4, 0.5) is 5.69 Å². The van der Waals surface area contributed by atoms with Gasteiger partial charge in [0.25, 0.3) is 0 Å². The first-order valence-electron chi connectivity index (χ1n) is 4.94. The smallest absolute Gasteiger partial charge is 0.120 e. The van der Waals surface area contributed by atoms with Gasteiger partial charge in [-0.25, -0.2) is 0 Å². The van der Waals surface area contributed by atoms with Crippen molar-refractivity contribution < 1.29 is 4.79 Å². The van der Waals surface area contributed by atoms with Gasteiger partial charge in [0.1, 0.15) is 6.29 Å². The predicted molar refractivity (Wildman–Crippen MR) is 59.8 cm³/mol. The monoisotopic (exact) mass is 191 g/mol. The third-order valence-electron chi connectivity index (χ3n) is 2.24. The van der Waals surface area contributed by atoms with Crippen LogP contribution in [-0.2, 0) is 11.2 Å². The van der Waals surface area contributed by atoms with E-state index in [1.807, 2.05) is 26.2 Å². The lowest BCUT2D eigenvalue weighted by atomic mass is 10.1. The van der Waals surface area contributed by atoms with Gasteiger partial charge in [-0.3, -0.25) is 0 Å². The number of aldehydes is 1. The van der Waals surface area contributed by atoms with Gasteiger partial charge in [0.15, 0.2) is 0 Å². The van der Waals surface area contributed by atoms with E-state index >= 15 is 0 Å². The second-order valence-electron chi connectivity index (χ2n) is 3.58. The molecule has 0 aliphatic rings. The summed E-state index contributed by atoms with van der Waals surface area (Å²) in [4.78, 5) is 12.3. The fourth-order valence-electron chi connectivity index (χ4n) is 1.53. The van der Waals surface area contributed by atoms with E-state index in [1.54, 1.807) is 0 Å². The molecule has 2 heteroatoms. The largest absolute Gasteiger partial charge is 0.377 e. The van der Waals surface area contributed by atoms with Crippen LogP contribution >= 0.6 is 0 Å². The Kier molecular flexibility index (Phi) is 4.17. The first kappa shape index (κ1) is 10.8. The standard InChI is InChI=1S/C12H17NO/c1-13(2)12-9-4-3-7-11(12)8-5-6-10-14/h3-4,7,9-10H,5-6,8H2,1-2H3. The molecule has 1 aromatic carbocycles. The van der Waals surface area contributed by atoms with Gasteiger partial charge in [0, 0.05) is 26.2 Å². The summed E-state index contributed by atoms with van der Waals surface area (Å²) in [5, 5.41) is 0. The quantitative estimate of drug-likeness (QED) is 0.525. The van der Waals surface area contributed by atoms with Crippen LogP contribution < -0.4 is 4.90 Å². The van der Waals surface area contributed by atoms with Gasteiger partial charge in [-0.2, -0.15) is 0 Å². The Morgan fingerprint density at radius 2 is 2.00 bits per heavy atom. The molecule has 2 nitrogen and oxygen atoms in total. The van der Waals surface area contributed by atoms with Crippen LogP contribution in [0.5, 0.6) is 0 Å². The van der Waals surface area contributed by atoms with Gasteiger partial charge < -0.3 is 9.69 Å². The van der Waals surface area contributed by atoms with Gasteiger partial charge in [-0.05, 0) is 24.5 Å². The fraction of sp³-hybridized carbons (Fsp3) is 0.417. The van der Waals surface area contributed by atoms with Crippen molar-refractivity contribution in [2.45, 2.75) is 19.3 Å². The topological polar surface area (TPSA) is 20.3 Å². The van der Waals surface area contributed by atoms with E-state index in [-0.39, 0.29) is 0 Å². The predicted octanol–water partition coefficient (Wildman–Crippen LogP) is 2.27. The molecule has 14 heavy (non-hydrogen) atoms. The Labute approximate surface area is 85.5 Å². The number of anilines is 1. The van der Waals surface area contributed by atoms with Crippen molar-refractivity contribution in [3.8, 4) is 0 Å². The molecule has 0 aromatic heterocycles. The number of benzene rings is 1. The second kappa shape index (κ2) is 5.43. The van der Waals surface area contributed by atoms with Gasteiger partial charge in [0.2, 0.25) is 0 Å². The molecule has 0 bridgehead atoms. The molecule has 0 aliphatic heterocycles. The van der Waals surface area contributed by atoms with Crippen molar-refractivity contribution in [3.05, 3.63) is 29.8 Å². The summed E-state index contributed by atoms with van der Waals surface area (Å²) in [7, 11) is 4.08. The van der Waals surface area contributed by atoms with E-state index in [9.17, 15) is 4.79 Å². The van der Waals surface area contributed by atoms with Crippen molar-refractivity contribution in [1.82, 2.24) is 0 Å². The number of carbonyl (C=O) groups excluding carboxylic acids is 1. The first-order valence-corrected chi connectivity index (χ1v) is 4.94. The van der Waals surface area contributed by atoms with Crippen LogP contribution in [0.3, 0.4) is 0 Å². The summed E-state index contributed by atoms with van der Waals surface area (Å²) in [6, 6.07) is 8.32. The lowest BCUT2D eigenvalue weighted by Crippen LogP contribution is -2.11. The highest BCUT2D eigenvalue weighted by molar-refractivity contribution is 5.53. The molecule has 0 heterocycles. The minimum absolute atomic E-state index is 0.655. The Morgan fingerprint density at radius 1 is 1.29 bits per heavy atom. The third-order valence-corrected chi connectivity index (χ3v) is 2.24. The minimum atomic E-state index is 0.655. The average Bonchev–Trinajstić information content (AvgIpc) is 2.19. The van der Waals surface area contributed by atoms with Crippen LogP contribution in [0.15, 0.2) is 24.3 Å². The van der Waals surface area contributed by atoms with Crippen molar-refractivity contribution in [3.63, 3.8) is 0 Å². The van der Waals surface area contributed by atoms with Gasteiger partial charge in [-0.15, -0.1) is 0 Å². The Hall–Kier alpha value is -1.31. The highest BCUT2D eigenvalue weighted by atomic mass is 16.1. The molecule has 0 saturated heterocycles. The number of hydrogen-bond donors (Lipinski definition) is 0. The maximum atomic E-state index is 10.2. The number of nitrogens with zero attached hydrogens (tertiary/aromatic N) is 1. The molecule has 0 aliphatic carbocycles. The number of unbranched alkanes of at least 4 members (excludes halogenated alkanes) is 1. The molecule has 76 valence electrons. The molecule has 0 unspecified atom stereocenters. The summed E-state index contributed by atoms with van der Waals surface area (Å²) in [6.07, 6.45) is 3.56. The zero-order valence-electron chi connectivity index (χ0n) is 8.86. The van der Waals surface area contributed by atoms with Gasteiger partial charge in [0.05, 0.1) is 0 Å². The molecule has 0 saturated carbocycles. The maximum absolute atomic E-state index is 10.2. The molecule has 1 aromatic rings. The zero-order valence-corrected chi connectivity index (χ0v) is 8.86. The van der Waals surface area contributed by atoms with E-state index in [0.717, 1.165) is 19.1 Å². The Bertz CT molecular complexity index is 294. The highest BCUT2D eigenvalue weighted by Gasteiger charge is 2.02. The van der Waals surface area contributed by atoms with Crippen LogP contribution in [0.1, 0.15) is 18.4 Å². The molecule has 0 atom stereocenters. The lowest BCUT2D eigenvalue weighted by Gasteiger charge is -2.16. The zero-order chi connectivity index (χ0) is 10.4. The van der Waals surface area contributed by atoms with Gasteiger partial charge in [-0.1, -0.05) is 18.2 Å². The summed E-state index contributed by atoms with van der Waals surface area (Å²) in [5.41, 5.74) is 2.57. The number of hydrogen-bond acceptors (Lipinski definition) is 2. The molecule has 1 rings (SSSR count). The second-order valence-corrected chi connectivity index (χ2v) is 3.58. The highest BCUT2D eigenvalue weighted by Crippen LogP contribution is 2.19. The Balaban J connectivity index is 2.69. The molecule has 0 radical (unpaired) electrons. The van der Waals surface area contributed by atoms with E-state index < -0.39 is 0 Å². The summed E-state index contributed by atoms with van der Waals surface area (Å²) >= 11 is 0. The molecule has 0 amide bonds. The number of carbonyl (C=O) groups is 1. The normalized spacial score (nSPS) is 9.86. The van der Waals surface area contributed by atoms with Crippen LogP contribution in [-0.4, -0.2) is 20.4 Å². The number of para-hydroxylation sites is 1. The minimum Gasteiger partial charge on any atom is -0.377 e. The SMILES string of the molecule is CN(C)c1ccccc1CCCC=O. The summed E-state index contributed by atoms with van der Waals surface area (Å²) < 4.78 is 0. The van der Waals surface area contributed by atoms with E-state index in [4.69, 9.17) is 0 Å². The molecule has 0 N–H and O–H groups in total. The molecular formula is C12H17NO. The Morgan fingerprint density at radius 3 is 2.64 bits per heavy atom. The third kappa shape index (κ3) is 2.87. The summed E-state index contributed by atoms with van der Waals surface area (Å²) in [6.45, 7) is 0. The van der Waals surface area contributed by atoms with Crippen LogP contribution in [0.2, 0.25) is 0 Å². The van der Waals surface area contributed by atoms with Crippen molar-refractivity contribution >= 4 is 12.0 Å². The average molecular weight is 191 g/mol. The van der Waals surface area contributed by atoms with Crippen molar-refractivity contribution in [2.75, 3.05) is 19.0 Å². The lowest BCUT2D eigenvalue weighted by molar-refractivity contribution is -0.107. The molecule has 0 spiro atoms. The first-order chi connectivity index (χ1) is 6.75. The van der Waals surface area contributed by atoms with Crippen LogP contribution in [0.25, 0.3) is 0 Å². The van der Waals surface area contributed by atoms with Crippen molar-refractivity contribution in [2.24, 2.45) is 0 Å². The number of aryl methyl sites for hydroxylation is 1. The van der Waals surface area contributed by atoms with E-state index in [2.05, 4.69) is 17.0 Å². The fourth-order valence-corrected chi connectivity index (χ4v) is 1.53. The van der Waals surface area contributed by atoms with Crippen molar-refractivity contribution in [1.29, 1.82) is 0 Å².